The molecule has 1 aromatic heterocycles. The van der Waals surface area contributed by atoms with Gasteiger partial charge < -0.3 is 11.1 Å². The Bertz CT molecular complexity index is 964. The van der Waals surface area contributed by atoms with Crippen LogP contribution in [0.2, 0.25) is 0 Å². The van der Waals surface area contributed by atoms with E-state index in [9.17, 15) is 19.7 Å². The molecular weight excluding hydrogens is 378 g/mol. The zero-order valence-corrected chi connectivity index (χ0v) is 16.3. The number of nitro groups is 1. The number of thiophene rings is 1. The van der Waals surface area contributed by atoms with Crippen LogP contribution in [0.25, 0.3) is 6.08 Å². The molecule has 0 saturated heterocycles. The molecular formula is C20H21N3O4S. The highest BCUT2D eigenvalue weighted by Crippen LogP contribution is 2.40. The molecule has 1 aliphatic rings. The highest BCUT2D eigenvalue weighted by molar-refractivity contribution is 7.17. The van der Waals surface area contributed by atoms with Crippen molar-refractivity contribution in [3.63, 3.8) is 0 Å². The Morgan fingerprint density at radius 2 is 2.21 bits per heavy atom. The molecule has 0 radical (unpaired) electrons. The number of primary amides is 1. The first-order chi connectivity index (χ1) is 13.4. The normalized spacial score (nSPS) is 16.0. The summed E-state index contributed by atoms with van der Waals surface area (Å²) in [6.07, 6.45) is 6.57. The maximum Gasteiger partial charge on any atom is 0.270 e. The van der Waals surface area contributed by atoms with Crippen LogP contribution in [0.3, 0.4) is 0 Å². The van der Waals surface area contributed by atoms with Gasteiger partial charge in [-0.15, -0.1) is 11.3 Å². The third-order valence-corrected chi connectivity index (χ3v) is 6.11. The van der Waals surface area contributed by atoms with E-state index in [-0.39, 0.29) is 5.69 Å². The van der Waals surface area contributed by atoms with Crippen LogP contribution in [0.1, 0.15) is 46.1 Å². The molecule has 146 valence electrons. The molecule has 2 aromatic rings. The molecule has 0 spiro atoms. The van der Waals surface area contributed by atoms with Gasteiger partial charge in [-0.3, -0.25) is 19.7 Å². The summed E-state index contributed by atoms with van der Waals surface area (Å²) in [5.74, 6) is -0.366. The molecule has 1 heterocycles. The van der Waals surface area contributed by atoms with E-state index in [4.69, 9.17) is 5.73 Å². The molecule has 28 heavy (non-hydrogen) atoms. The van der Waals surface area contributed by atoms with Crippen LogP contribution in [0.4, 0.5) is 10.7 Å². The smallest absolute Gasteiger partial charge is 0.270 e. The van der Waals surface area contributed by atoms with Crippen LogP contribution in [0, 0.1) is 16.0 Å². The highest BCUT2D eigenvalue weighted by atomic mass is 32.1. The van der Waals surface area contributed by atoms with Gasteiger partial charge in [0.15, 0.2) is 0 Å². The van der Waals surface area contributed by atoms with Gasteiger partial charge in [0.1, 0.15) is 5.00 Å². The Morgan fingerprint density at radius 1 is 1.43 bits per heavy atom. The summed E-state index contributed by atoms with van der Waals surface area (Å²) in [6.45, 7) is 2.15. The molecule has 1 atom stereocenters. The minimum absolute atomic E-state index is 0.0463. The van der Waals surface area contributed by atoms with E-state index in [2.05, 4.69) is 12.2 Å². The third kappa shape index (κ3) is 4.28. The molecule has 3 rings (SSSR count). The van der Waals surface area contributed by atoms with E-state index in [1.807, 2.05) is 0 Å². The lowest BCUT2D eigenvalue weighted by molar-refractivity contribution is -0.384. The fourth-order valence-electron chi connectivity index (χ4n) is 3.42. The van der Waals surface area contributed by atoms with Gasteiger partial charge in [-0.25, -0.2) is 0 Å². The largest absolute Gasteiger partial charge is 0.365 e. The first-order valence-electron chi connectivity index (χ1n) is 9.06. The number of anilines is 1. The zero-order chi connectivity index (χ0) is 20.3. The summed E-state index contributed by atoms with van der Waals surface area (Å²) in [5.41, 5.74) is 7.43. The number of non-ortho nitro benzene ring substituents is 1. The number of carbonyl (C=O) groups is 2. The number of benzene rings is 1. The van der Waals surface area contributed by atoms with Crippen molar-refractivity contribution in [3.05, 3.63) is 62.0 Å². The quantitative estimate of drug-likeness (QED) is 0.435. The first kappa shape index (κ1) is 19.8. The number of rotatable bonds is 6. The molecule has 2 amide bonds. The van der Waals surface area contributed by atoms with Crippen molar-refractivity contribution in [2.24, 2.45) is 11.7 Å². The number of carbonyl (C=O) groups excluding carboxylic acids is 2. The fraction of sp³-hybridized carbons (Fsp3) is 0.300. The minimum Gasteiger partial charge on any atom is -0.365 e. The highest BCUT2D eigenvalue weighted by Gasteiger charge is 2.27. The van der Waals surface area contributed by atoms with Crippen molar-refractivity contribution in [3.8, 4) is 0 Å². The maximum absolute atomic E-state index is 12.3. The lowest BCUT2D eigenvalue weighted by atomic mass is 9.85. The second-order valence-corrected chi connectivity index (χ2v) is 7.87. The van der Waals surface area contributed by atoms with Gasteiger partial charge in [-0.2, -0.15) is 0 Å². The van der Waals surface area contributed by atoms with Crippen molar-refractivity contribution in [2.75, 3.05) is 5.32 Å². The Labute approximate surface area is 166 Å². The van der Waals surface area contributed by atoms with Crippen LogP contribution in [0.15, 0.2) is 30.3 Å². The van der Waals surface area contributed by atoms with Gasteiger partial charge in [-0.05, 0) is 42.4 Å². The third-order valence-electron chi connectivity index (χ3n) is 4.94. The molecule has 1 aromatic carbocycles. The summed E-state index contributed by atoms with van der Waals surface area (Å²) in [7, 11) is 0. The molecule has 0 saturated carbocycles. The predicted octanol–water partition coefficient (Wildman–Crippen LogP) is 3.92. The number of nitrogens with one attached hydrogen (secondary N) is 1. The fourth-order valence-corrected chi connectivity index (χ4v) is 4.79. The van der Waals surface area contributed by atoms with E-state index in [1.54, 1.807) is 12.1 Å². The zero-order valence-electron chi connectivity index (χ0n) is 15.4. The number of amides is 2. The summed E-state index contributed by atoms with van der Waals surface area (Å²) < 4.78 is 0. The molecule has 0 aliphatic heterocycles. The molecule has 7 nitrogen and oxygen atoms in total. The van der Waals surface area contributed by atoms with Crippen LogP contribution < -0.4 is 11.1 Å². The molecule has 0 bridgehead atoms. The van der Waals surface area contributed by atoms with Gasteiger partial charge in [0, 0.05) is 23.1 Å². The number of nitrogens with zero attached hydrogens (tertiary/aromatic N) is 1. The lowest BCUT2D eigenvalue weighted by Gasteiger charge is -2.20. The topological polar surface area (TPSA) is 115 Å². The van der Waals surface area contributed by atoms with Crippen LogP contribution in [-0.4, -0.2) is 16.7 Å². The van der Waals surface area contributed by atoms with Gasteiger partial charge in [0.25, 0.3) is 11.6 Å². The monoisotopic (exact) mass is 399 g/mol. The summed E-state index contributed by atoms with van der Waals surface area (Å²) in [5, 5.41) is 14.1. The number of hydrogen-bond donors (Lipinski definition) is 2. The average Bonchev–Trinajstić information content (AvgIpc) is 3.03. The summed E-state index contributed by atoms with van der Waals surface area (Å²) in [6, 6.07) is 5.99. The van der Waals surface area contributed by atoms with Gasteiger partial charge in [0.05, 0.1) is 10.5 Å². The van der Waals surface area contributed by atoms with E-state index >= 15 is 0 Å². The van der Waals surface area contributed by atoms with Crippen LogP contribution >= 0.6 is 11.3 Å². The van der Waals surface area contributed by atoms with Crippen molar-refractivity contribution >= 4 is 39.9 Å². The van der Waals surface area contributed by atoms with Crippen molar-refractivity contribution in [1.82, 2.24) is 0 Å². The van der Waals surface area contributed by atoms with E-state index < -0.39 is 16.7 Å². The predicted molar refractivity (Wildman–Crippen MR) is 109 cm³/mol. The summed E-state index contributed by atoms with van der Waals surface area (Å²) in [4.78, 5) is 35.8. The number of hydrogen-bond acceptors (Lipinski definition) is 5. The van der Waals surface area contributed by atoms with E-state index in [1.165, 1.54) is 35.6 Å². The second kappa shape index (κ2) is 8.35. The van der Waals surface area contributed by atoms with Crippen molar-refractivity contribution < 1.29 is 14.5 Å². The second-order valence-electron chi connectivity index (χ2n) is 6.76. The van der Waals surface area contributed by atoms with Crippen molar-refractivity contribution in [2.45, 2.75) is 32.6 Å². The Hall–Kier alpha value is -3.00. The minimum atomic E-state index is -0.537. The number of nitrogens with two attached hydrogens (primary N) is 1. The standard InChI is InChI=1S/C20H21N3O4S/c1-2-12-6-8-15-16(11-12)28-20(18(15)19(21)25)22-17(24)9-7-13-4-3-5-14(10-13)23(26)27/h3-5,7,9-10,12H,2,6,8,11H2,1H3,(H2,21,25)(H,22,24)/b9-7+/t12-/m1/s1. The number of nitro benzene ring substituents is 1. The van der Waals surface area contributed by atoms with Gasteiger partial charge >= 0.3 is 0 Å². The molecule has 0 fully saturated rings. The lowest BCUT2D eigenvalue weighted by Crippen LogP contribution is -2.19. The van der Waals surface area contributed by atoms with Gasteiger partial charge in [-0.1, -0.05) is 25.5 Å². The molecule has 1 aliphatic carbocycles. The van der Waals surface area contributed by atoms with E-state index in [0.717, 1.165) is 36.1 Å². The molecule has 3 N–H and O–H groups in total. The summed E-state index contributed by atoms with van der Waals surface area (Å²) >= 11 is 1.41. The number of fused-ring (bicyclic) bond motifs is 1. The Balaban J connectivity index is 1.79. The molecule has 0 unspecified atom stereocenters. The van der Waals surface area contributed by atoms with Crippen LogP contribution in [0.5, 0.6) is 0 Å². The Morgan fingerprint density at radius 3 is 2.89 bits per heavy atom. The Kier molecular flexibility index (Phi) is 5.89. The first-order valence-corrected chi connectivity index (χ1v) is 9.88. The maximum atomic E-state index is 12.3. The van der Waals surface area contributed by atoms with Gasteiger partial charge in [0.2, 0.25) is 5.91 Å². The SMILES string of the molecule is CC[C@@H]1CCc2c(sc(NC(=O)/C=C/c3cccc([N+](=O)[O-])c3)c2C(N)=O)C1. The average molecular weight is 399 g/mol. The van der Waals surface area contributed by atoms with E-state index in [0.29, 0.717) is 22.0 Å². The van der Waals surface area contributed by atoms with Crippen LogP contribution in [-0.2, 0) is 17.6 Å². The molecule has 8 heteroatoms. The van der Waals surface area contributed by atoms with Crippen molar-refractivity contribution in [1.29, 1.82) is 0 Å².